The van der Waals surface area contributed by atoms with E-state index in [1.165, 1.54) is 9.87 Å². The van der Waals surface area contributed by atoms with Crippen LogP contribution in [-0.2, 0) is 20.2 Å². The van der Waals surface area contributed by atoms with Crippen molar-refractivity contribution >= 4 is 21.6 Å². The van der Waals surface area contributed by atoms with Gasteiger partial charge in [-0.1, -0.05) is 64.1 Å². The summed E-state index contributed by atoms with van der Waals surface area (Å²) >= 11 is 0. The van der Waals surface area contributed by atoms with Crippen molar-refractivity contribution in [1.29, 1.82) is 0 Å². The van der Waals surface area contributed by atoms with Crippen molar-refractivity contribution in [2.75, 3.05) is 10.6 Å². The van der Waals surface area contributed by atoms with Crippen molar-refractivity contribution in [2.24, 2.45) is 0 Å². The van der Waals surface area contributed by atoms with Gasteiger partial charge in [0.1, 0.15) is 6.04 Å². The van der Waals surface area contributed by atoms with E-state index < -0.39 is 16.1 Å². The lowest BCUT2D eigenvalue weighted by molar-refractivity contribution is -0.122. The maximum absolute atomic E-state index is 13.1. The Morgan fingerprint density at radius 2 is 1.70 bits per heavy atom. The second-order valence-corrected chi connectivity index (χ2v) is 10.8. The van der Waals surface area contributed by atoms with Crippen LogP contribution in [0.1, 0.15) is 63.8 Å². The maximum atomic E-state index is 13.1. The Bertz CT molecular complexity index is 976. The van der Waals surface area contributed by atoms with Gasteiger partial charge in [0, 0.05) is 0 Å². The molecule has 0 aliphatic carbocycles. The van der Waals surface area contributed by atoms with Gasteiger partial charge in [0.25, 0.3) is 0 Å². The van der Waals surface area contributed by atoms with E-state index in [0.29, 0.717) is 12.1 Å². The number of amides is 1. The third kappa shape index (κ3) is 5.85. The van der Waals surface area contributed by atoms with Crippen molar-refractivity contribution in [2.45, 2.75) is 65.5 Å². The molecule has 0 heterocycles. The molecule has 0 saturated carbocycles. The summed E-state index contributed by atoms with van der Waals surface area (Å²) < 4.78 is 26.4. The van der Waals surface area contributed by atoms with Gasteiger partial charge in [-0.15, -0.1) is 0 Å². The van der Waals surface area contributed by atoms with Crippen molar-refractivity contribution in [3.8, 4) is 0 Å². The van der Waals surface area contributed by atoms with E-state index in [4.69, 9.17) is 0 Å². The molecule has 0 fully saturated rings. The first-order chi connectivity index (χ1) is 13.8. The van der Waals surface area contributed by atoms with E-state index >= 15 is 0 Å². The van der Waals surface area contributed by atoms with Crippen molar-refractivity contribution in [3.63, 3.8) is 0 Å². The second kappa shape index (κ2) is 9.21. The molecule has 0 saturated heterocycles. The summed E-state index contributed by atoms with van der Waals surface area (Å²) in [5, 5.41) is 3.00. The van der Waals surface area contributed by atoms with Crippen molar-refractivity contribution in [3.05, 3.63) is 65.2 Å². The van der Waals surface area contributed by atoms with Crippen LogP contribution in [0.5, 0.6) is 0 Å². The number of hydrogen-bond donors (Lipinski definition) is 1. The Labute approximate surface area is 181 Å². The smallest absolute Gasteiger partial charge is 0.244 e. The van der Waals surface area contributed by atoms with E-state index in [1.54, 1.807) is 18.2 Å². The molecule has 5 nitrogen and oxygen atoms in total. The average Bonchev–Trinajstić information content (AvgIpc) is 2.64. The molecular weight excluding hydrogens is 396 g/mol. The molecule has 30 heavy (non-hydrogen) atoms. The van der Waals surface area contributed by atoms with Gasteiger partial charge >= 0.3 is 0 Å². The number of sulfonamides is 1. The molecule has 0 aromatic heterocycles. The first kappa shape index (κ1) is 23.9. The minimum Gasteiger partial charge on any atom is -0.348 e. The highest BCUT2D eigenvalue weighted by molar-refractivity contribution is 7.92. The van der Waals surface area contributed by atoms with Crippen LogP contribution >= 0.6 is 0 Å². The van der Waals surface area contributed by atoms with Crippen LogP contribution < -0.4 is 9.62 Å². The molecule has 1 amide bonds. The fraction of sp³-hybridized carbons (Fsp3) is 0.458. The normalized spacial score (nSPS) is 14.1. The number of rotatable bonds is 7. The molecule has 0 radical (unpaired) electrons. The van der Waals surface area contributed by atoms with Crippen LogP contribution in [0.4, 0.5) is 5.69 Å². The number of nitrogens with one attached hydrogen (secondary N) is 1. The van der Waals surface area contributed by atoms with E-state index in [-0.39, 0.29) is 17.4 Å². The summed E-state index contributed by atoms with van der Waals surface area (Å²) in [6.45, 7) is 12.1. The highest BCUT2D eigenvalue weighted by Crippen LogP contribution is 2.26. The zero-order valence-corrected chi connectivity index (χ0v) is 19.9. The van der Waals surface area contributed by atoms with E-state index in [9.17, 15) is 13.2 Å². The van der Waals surface area contributed by atoms with E-state index in [1.807, 2.05) is 39.0 Å². The molecule has 164 valence electrons. The maximum Gasteiger partial charge on any atom is 0.244 e. The lowest BCUT2D eigenvalue weighted by Gasteiger charge is -2.31. The van der Waals surface area contributed by atoms with E-state index in [0.717, 1.165) is 17.4 Å². The van der Waals surface area contributed by atoms with Gasteiger partial charge in [-0.3, -0.25) is 9.10 Å². The van der Waals surface area contributed by atoms with Crippen LogP contribution in [0.15, 0.2) is 48.5 Å². The molecule has 2 rings (SSSR count). The third-order valence-corrected chi connectivity index (χ3v) is 6.40. The molecule has 2 aromatic rings. The van der Waals surface area contributed by atoms with Crippen LogP contribution in [0.2, 0.25) is 0 Å². The van der Waals surface area contributed by atoms with Gasteiger partial charge in [-0.2, -0.15) is 0 Å². The number of benzene rings is 2. The van der Waals surface area contributed by atoms with Crippen LogP contribution in [-0.4, -0.2) is 26.6 Å². The average molecular weight is 431 g/mol. The molecule has 1 N–H and O–H groups in total. The molecule has 0 bridgehead atoms. The standard InChI is InChI=1S/C24H34N2O3S/c1-8-22(26(30(7,28)29)21-11-9-10-17(2)16-21)23(27)25-18(3)19-12-14-20(15-13-19)24(4,5)6/h9-16,18,22H,8H2,1-7H3,(H,25,27)/t18-,22-/m0/s1. The largest absolute Gasteiger partial charge is 0.348 e. The Kier molecular flexibility index (Phi) is 7.35. The first-order valence-corrected chi connectivity index (χ1v) is 12.2. The molecule has 6 heteroatoms. The fourth-order valence-corrected chi connectivity index (χ4v) is 4.69. The summed E-state index contributed by atoms with van der Waals surface area (Å²) in [5.41, 5.74) is 3.69. The monoisotopic (exact) mass is 430 g/mol. The lowest BCUT2D eigenvalue weighted by atomic mass is 9.86. The van der Waals surface area contributed by atoms with Crippen molar-refractivity contribution in [1.82, 2.24) is 5.32 Å². The molecule has 0 aliphatic heterocycles. The number of hydrogen-bond acceptors (Lipinski definition) is 3. The Hall–Kier alpha value is -2.34. The number of carbonyl (C=O) groups is 1. The second-order valence-electron chi connectivity index (χ2n) is 8.92. The van der Waals surface area contributed by atoms with Gasteiger partial charge in [-0.05, 0) is 54.5 Å². The Morgan fingerprint density at radius 3 is 2.17 bits per heavy atom. The Balaban J connectivity index is 2.27. The van der Waals surface area contributed by atoms with Gasteiger partial charge < -0.3 is 5.32 Å². The predicted molar refractivity (Wildman–Crippen MR) is 124 cm³/mol. The highest BCUT2D eigenvalue weighted by Gasteiger charge is 2.32. The van der Waals surface area contributed by atoms with Gasteiger partial charge in [0.15, 0.2) is 0 Å². The number of aryl methyl sites for hydroxylation is 1. The summed E-state index contributed by atoms with van der Waals surface area (Å²) in [5.74, 6) is -0.308. The first-order valence-electron chi connectivity index (χ1n) is 10.3. The molecular formula is C24H34N2O3S. The zero-order chi connectivity index (χ0) is 22.7. The highest BCUT2D eigenvalue weighted by atomic mass is 32.2. The van der Waals surface area contributed by atoms with Gasteiger partial charge in [0.2, 0.25) is 15.9 Å². The Morgan fingerprint density at radius 1 is 1.10 bits per heavy atom. The lowest BCUT2D eigenvalue weighted by Crippen LogP contribution is -2.49. The minimum absolute atomic E-state index is 0.0577. The van der Waals surface area contributed by atoms with Crippen LogP contribution in [0, 0.1) is 6.92 Å². The number of nitrogens with zero attached hydrogens (tertiary/aromatic N) is 1. The molecule has 0 aliphatic rings. The quantitative estimate of drug-likeness (QED) is 0.691. The van der Waals surface area contributed by atoms with Crippen molar-refractivity contribution < 1.29 is 13.2 Å². The molecule has 0 spiro atoms. The summed E-state index contributed by atoms with van der Waals surface area (Å²) in [7, 11) is -3.64. The summed E-state index contributed by atoms with van der Waals surface area (Å²) in [6.07, 6.45) is 1.50. The fourth-order valence-electron chi connectivity index (χ4n) is 3.49. The predicted octanol–water partition coefficient (Wildman–Crippen LogP) is 4.71. The van der Waals surface area contributed by atoms with Crippen LogP contribution in [0.3, 0.4) is 0 Å². The zero-order valence-electron chi connectivity index (χ0n) is 19.1. The van der Waals surface area contributed by atoms with E-state index in [2.05, 4.69) is 38.2 Å². The minimum atomic E-state index is -3.64. The molecule has 0 unspecified atom stereocenters. The summed E-state index contributed by atoms with van der Waals surface area (Å²) in [6, 6.07) is 14.3. The van der Waals surface area contributed by atoms with Gasteiger partial charge in [0.05, 0.1) is 18.0 Å². The number of anilines is 1. The molecule has 2 atom stereocenters. The summed E-state index contributed by atoms with van der Waals surface area (Å²) in [4.78, 5) is 13.1. The SMILES string of the molecule is CC[C@@H](C(=O)N[C@@H](C)c1ccc(C(C)(C)C)cc1)N(c1cccc(C)c1)S(C)(=O)=O. The topological polar surface area (TPSA) is 66.5 Å². The molecule has 2 aromatic carbocycles. The van der Waals surface area contributed by atoms with Crippen LogP contribution in [0.25, 0.3) is 0 Å². The number of carbonyl (C=O) groups excluding carboxylic acids is 1. The van der Waals surface area contributed by atoms with Gasteiger partial charge in [-0.25, -0.2) is 8.42 Å². The third-order valence-electron chi connectivity index (χ3n) is 5.22.